The van der Waals surface area contributed by atoms with Crippen LogP contribution in [-0.2, 0) is 9.53 Å². The van der Waals surface area contributed by atoms with Crippen molar-refractivity contribution in [3.8, 4) is 11.5 Å². The van der Waals surface area contributed by atoms with Gasteiger partial charge in [-0.15, -0.1) is 0 Å². The first-order valence-corrected chi connectivity index (χ1v) is 12.0. The number of esters is 1. The van der Waals surface area contributed by atoms with Gasteiger partial charge in [0.15, 0.2) is 16.3 Å². The highest BCUT2D eigenvalue weighted by molar-refractivity contribution is 7.07. The van der Waals surface area contributed by atoms with E-state index in [9.17, 15) is 18.4 Å². The molecule has 1 aliphatic heterocycles. The average Bonchev–Trinajstić information content (AvgIpc) is 3.17. The highest BCUT2D eigenvalue weighted by Gasteiger charge is 2.33. The fourth-order valence-corrected chi connectivity index (χ4v) is 5.13. The van der Waals surface area contributed by atoms with Gasteiger partial charge in [0.25, 0.3) is 5.56 Å². The Labute approximate surface area is 215 Å². The van der Waals surface area contributed by atoms with Gasteiger partial charge in [0.2, 0.25) is 0 Å². The lowest BCUT2D eigenvalue weighted by Gasteiger charge is -2.25. The molecule has 1 atom stereocenters. The predicted octanol–water partition coefficient (Wildman–Crippen LogP) is 3.08. The van der Waals surface area contributed by atoms with E-state index in [1.807, 2.05) is 43.3 Å². The zero-order valence-corrected chi connectivity index (χ0v) is 21.6. The van der Waals surface area contributed by atoms with Gasteiger partial charge >= 0.3 is 12.6 Å². The molecule has 0 N–H and O–H groups in total. The number of hydrogen-bond acceptors (Lipinski definition) is 8. The van der Waals surface area contributed by atoms with Gasteiger partial charge in [-0.2, -0.15) is 8.78 Å². The molecule has 0 fully saturated rings. The van der Waals surface area contributed by atoms with Crippen molar-refractivity contribution in [2.24, 2.45) is 4.99 Å². The number of hydrogen-bond donors (Lipinski definition) is 0. The Morgan fingerprint density at radius 1 is 1.14 bits per heavy atom. The first-order valence-electron chi connectivity index (χ1n) is 11.2. The van der Waals surface area contributed by atoms with Crippen molar-refractivity contribution in [1.29, 1.82) is 0 Å². The number of methoxy groups -OCH3 is 2. The maximum absolute atomic E-state index is 13.7. The molecule has 11 heteroatoms. The number of carbonyl (C=O) groups excluding carboxylic acids is 1. The Morgan fingerprint density at radius 3 is 2.43 bits per heavy atom. The van der Waals surface area contributed by atoms with Crippen LogP contribution in [0.4, 0.5) is 14.5 Å². The molecule has 0 saturated heterocycles. The summed E-state index contributed by atoms with van der Waals surface area (Å²) in [7, 11) is 6.46. The number of aromatic nitrogens is 1. The second-order valence-electron chi connectivity index (χ2n) is 8.35. The number of halogens is 2. The minimum Gasteiger partial charge on any atom is -0.493 e. The van der Waals surface area contributed by atoms with Crippen LogP contribution in [0.15, 0.2) is 63.5 Å². The van der Waals surface area contributed by atoms with Crippen LogP contribution in [0.2, 0.25) is 0 Å². The number of alkyl halides is 2. The monoisotopic (exact) mass is 529 g/mol. The molecular weight excluding hydrogens is 504 g/mol. The number of rotatable bonds is 7. The summed E-state index contributed by atoms with van der Waals surface area (Å²) in [6.45, 7) is -1.29. The van der Waals surface area contributed by atoms with E-state index in [2.05, 4.69) is 9.73 Å². The Balaban J connectivity index is 1.88. The molecule has 1 aromatic heterocycles. The van der Waals surface area contributed by atoms with E-state index in [-0.39, 0.29) is 22.6 Å². The van der Waals surface area contributed by atoms with Crippen molar-refractivity contribution in [3.63, 3.8) is 0 Å². The molecule has 1 aliphatic rings. The first kappa shape index (κ1) is 26.1. The summed E-state index contributed by atoms with van der Waals surface area (Å²) in [6, 6.07) is 11.2. The summed E-state index contributed by atoms with van der Waals surface area (Å²) in [6.07, 6.45) is 1.61. The van der Waals surface area contributed by atoms with E-state index in [4.69, 9.17) is 9.47 Å². The normalized spacial score (nSPS) is 15.4. The highest BCUT2D eigenvalue weighted by Crippen LogP contribution is 2.32. The quantitative estimate of drug-likeness (QED) is 0.438. The van der Waals surface area contributed by atoms with Crippen molar-refractivity contribution in [2.75, 3.05) is 33.2 Å². The van der Waals surface area contributed by atoms with Crippen molar-refractivity contribution in [2.45, 2.75) is 19.6 Å². The number of allylic oxidation sites excluding steroid dienone is 1. The zero-order valence-electron chi connectivity index (χ0n) is 20.8. The third-order valence-electron chi connectivity index (χ3n) is 5.85. The van der Waals surface area contributed by atoms with Crippen LogP contribution in [0.25, 0.3) is 6.08 Å². The van der Waals surface area contributed by atoms with Crippen LogP contribution >= 0.6 is 11.3 Å². The number of anilines is 1. The fraction of sp³-hybridized carbons (Fsp3) is 0.269. The Morgan fingerprint density at radius 2 is 1.84 bits per heavy atom. The minimum atomic E-state index is -3.00. The number of fused-ring (bicyclic) bond motifs is 1. The lowest BCUT2D eigenvalue weighted by molar-refractivity contribution is -0.136. The molecular formula is C26H25F2N3O5S. The summed E-state index contributed by atoms with van der Waals surface area (Å²) in [5, 5.41) is 0. The van der Waals surface area contributed by atoms with Gasteiger partial charge in [0.1, 0.15) is 0 Å². The van der Waals surface area contributed by atoms with Crippen molar-refractivity contribution >= 4 is 29.1 Å². The summed E-state index contributed by atoms with van der Waals surface area (Å²) >= 11 is 1.16. The summed E-state index contributed by atoms with van der Waals surface area (Å²) < 4.78 is 41.8. The van der Waals surface area contributed by atoms with Gasteiger partial charge < -0.3 is 19.1 Å². The van der Waals surface area contributed by atoms with E-state index >= 15 is 0 Å². The van der Waals surface area contributed by atoms with Crippen molar-refractivity contribution in [3.05, 3.63) is 84.5 Å². The summed E-state index contributed by atoms with van der Waals surface area (Å²) in [4.78, 5) is 33.3. The third-order valence-corrected chi connectivity index (χ3v) is 6.84. The number of benzene rings is 2. The number of nitrogens with zero attached hydrogens (tertiary/aromatic N) is 3. The minimum absolute atomic E-state index is 0.101. The standard InChI is InChI=1S/C26H25F2N3O5S/c1-14-21(24(33)35-5)22(16-7-9-17(10-8-16)30(2)3)31-23(32)20(37-26(31)29-14)13-15-6-11-18(36-25(27)28)19(12-15)34-4/h6-13,22,25H,1-5H3/b20-13+/t22-/m0/s1. The summed E-state index contributed by atoms with van der Waals surface area (Å²) in [5.74, 6) is -0.586. The number of carbonyl (C=O) groups is 1. The van der Waals surface area contributed by atoms with Crippen LogP contribution in [0.3, 0.4) is 0 Å². The van der Waals surface area contributed by atoms with Crippen molar-refractivity contribution < 1.29 is 27.8 Å². The van der Waals surface area contributed by atoms with E-state index in [0.29, 0.717) is 20.6 Å². The van der Waals surface area contributed by atoms with E-state index in [1.54, 1.807) is 19.1 Å². The Hall–Kier alpha value is -3.99. The summed E-state index contributed by atoms with van der Waals surface area (Å²) in [5.41, 5.74) is 2.60. The molecule has 8 nitrogen and oxygen atoms in total. The molecule has 0 unspecified atom stereocenters. The molecule has 194 valence electrons. The van der Waals surface area contributed by atoms with Crippen LogP contribution in [0.1, 0.15) is 24.1 Å². The first-order chi connectivity index (χ1) is 17.6. The highest BCUT2D eigenvalue weighted by atomic mass is 32.1. The molecule has 0 amide bonds. The maximum Gasteiger partial charge on any atom is 0.387 e. The lowest BCUT2D eigenvalue weighted by atomic mass is 9.95. The van der Waals surface area contributed by atoms with Gasteiger partial charge in [0, 0.05) is 19.8 Å². The number of ether oxygens (including phenoxy) is 3. The zero-order chi connectivity index (χ0) is 26.9. The van der Waals surface area contributed by atoms with Gasteiger partial charge in [-0.1, -0.05) is 29.5 Å². The van der Waals surface area contributed by atoms with E-state index in [0.717, 1.165) is 22.6 Å². The molecule has 2 heterocycles. The van der Waals surface area contributed by atoms with E-state index in [1.165, 1.54) is 30.9 Å². The van der Waals surface area contributed by atoms with Crippen LogP contribution in [-0.4, -0.2) is 45.5 Å². The molecule has 0 radical (unpaired) electrons. The lowest BCUT2D eigenvalue weighted by Crippen LogP contribution is -2.39. The van der Waals surface area contributed by atoms with Gasteiger partial charge in [-0.3, -0.25) is 9.36 Å². The van der Waals surface area contributed by atoms with Crippen LogP contribution in [0, 0.1) is 0 Å². The van der Waals surface area contributed by atoms with Gasteiger partial charge in [-0.25, -0.2) is 9.79 Å². The smallest absolute Gasteiger partial charge is 0.387 e. The molecule has 0 bridgehead atoms. The Bertz CT molecular complexity index is 1540. The largest absolute Gasteiger partial charge is 0.493 e. The predicted molar refractivity (Wildman–Crippen MR) is 136 cm³/mol. The molecule has 2 aromatic carbocycles. The maximum atomic E-state index is 13.7. The van der Waals surface area contributed by atoms with E-state index < -0.39 is 18.6 Å². The molecule has 0 spiro atoms. The van der Waals surface area contributed by atoms with Crippen molar-refractivity contribution in [1.82, 2.24) is 4.57 Å². The Kier molecular flexibility index (Phi) is 7.44. The molecule has 3 aromatic rings. The van der Waals surface area contributed by atoms with Gasteiger partial charge in [-0.05, 0) is 48.4 Å². The second-order valence-corrected chi connectivity index (χ2v) is 9.36. The molecule has 37 heavy (non-hydrogen) atoms. The molecule has 0 aliphatic carbocycles. The van der Waals surface area contributed by atoms with Gasteiger partial charge in [0.05, 0.1) is 36.1 Å². The van der Waals surface area contributed by atoms with Crippen LogP contribution < -0.4 is 29.3 Å². The fourth-order valence-electron chi connectivity index (χ4n) is 4.08. The molecule has 4 rings (SSSR count). The SMILES string of the molecule is COC(=O)C1=C(C)N=c2s/c(=C/c3ccc(OC(F)F)c(OC)c3)c(=O)n2[C@H]1c1ccc(N(C)C)cc1. The average molecular weight is 530 g/mol. The molecule has 0 saturated carbocycles. The second kappa shape index (κ2) is 10.6. The topological polar surface area (TPSA) is 82.4 Å². The van der Waals surface area contributed by atoms with Crippen LogP contribution in [0.5, 0.6) is 11.5 Å². The number of thiazole rings is 1. The third kappa shape index (κ3) is 5.12.